The molecule has 1 aliphatic heterocycles. The van der Waals surface area contributed by atoms with E-state index < -0.39 is 22.5 Å². The van der Waals surface area contributed by atoms with Crippen molar-refractivity contribution in [3.05, 3.63) is 90.0 Å². The van der Waals surface area contributed by atoms with Gasteiger partial charge in [-0.2, -0.15) is 17.9 Å². The zero-order valence-electron chi connectivity index (χ0n) is 16.1. The number of hydrazone groups is 1. The Balaban J connectivity index is 1.65. The molecule has 152 valence electrons. The van der Waals surface area contributed by atoms with Crippen molar-refractivity contribution in [2.45, 2.75) is 4.90 Å². The summed E-state index contributed by atoms with van der Waals surface area (Å²) in [7, 11) is -2.41. The lowest BCUT2D eigenvalue weighted by molar-refractivity contribution is -0.116. The summed E-state index contributed by atoms with van der Waals surface area (Å²) in [6.07, 6.45) is 0. The maximum Gasteiger partial charge on any atom is 0.280 e. The van der Waals surface area contributed by atoms with Gasteiger partial charge in [0.2, 0.25) is 5.91 Å². The number of hydrogen-bond acceptors (Lipinski definition) is 5. The fourth-order valence-electron chi connectivity index (χ4n) is 3.15. The summed E-state index contributed by atoms with van der Waals surface area (Å²) in [6.45, 7) is -0.445. The summed E-state index contributed by atoms with van der Waals surface area (Å²) in [5.74, 6) is 0.152. The summed E-state index contributed by atoms with van der Waals surface area (Å²) in [5.41, 5.74) is 2.30. The van der Waals surface area contributed by atoms with Crippen molar-refractivity contribution in [3.63, 3.8) is 0 Å². The van der Waals surface area contributed by atoms with Crippen LogP contribution in [0, 0.1) is 0 Å². The molecule has 7 nitrogen and oxygen atoms in total. The van der Waals surface area contributed by atoms with Crippen molar-refractivity contribution in [2.75, 3.05) is 19.0 Å². The number of methoxy groups -OCH3 is 1. The first kappa shape index (κ1) is 19.7. The number of nitrogens with zero attached hydrogens (tertiary/aromatic N) is 2. The zero-order valence-corrected chi connectivity index (χ0v) is 17.0. The van der Waals surface area contributed by atoms with Crippen LogP contribution in [0.1, 0.15) is 11.1 Å². The molecule has 0 spiro atoms. The van der Waals surface area contributed by atoms with Gasteiger partial charge in [0, 0.05) is 16.8 Å². The quantitative estimate of drug-likeness (QED) is 0.686. The molecule has 3 aromatic rings. The number of sulfonamides is 1. The van der Waals surface area contributed by atoms with Gasteiger partial charge in [-0.05, 0) is 30.3 Å². The number of rotatable bonds is 5. The minimum absolute atomic E-state index is 0.121. The number of nitrogens with one attached hydrogen (secondary N) is 1. The average molecular weight is 421 g/mol. The number of amides is 1. The molecule has 3 aromatic carbocycles. The number of fused-ring (bicyclic) bond motifs is 1. The van der Waals surface area contributed by atoms with Crippen molar-refractivity contribution in [1.82, 2.24) is 4.41 Å². The van der Waals surface area contributed by atoms with E-state index in [1.807, 2.05) is 30.3 Å². The summed E-state index contributed by atoms with van der Waals surface area (Å²) in [5, 5.41) is 7.02. The maximum absolute atomic E-state index is 13.1. The van der Waals surface area contributed by atoms with Crippen LogP contribution in [0.15, 0.2) is 88.9 Å². The number of carbonyl (C=O) groups is 1. The smallest absolute Gasteiger partial charge is 0.280 e. The lowest BCUT2D eigenvalue weighted by atomic mass is 10.0. The van der Waals surface area contributed by atoms with E-state index in [9.17, 15) is 13.2 Å². The molecule has 30 heavy (non-hydrogen) atoms. The molecular weight excluding hydrogens is 402 g/mol. The normalized spacial score (nSPS) is 14.4. The second kappa shape index (κ2) is 8.00. The predicted octanol–water partition coefficient (Wildman–Crippen LogP) is 3.09. The second-order valence-electron chi connectivity index (χ2n) is 6.57. The van der Waals surface area contributed by atoms with Crippen molar-refractivity contribution < 1.29 is 17.9 Å². The van der Waals surface area contributed by atoms with Crippen LogP contribution in [0.25, 0.3) is 0 Å². The summed E-state index contributed by atoms with van der Waals surface area (Å²) in [6, 6.07) is 22.7. The van der Waals surface area contributed by atoms with Crippen LogP contribution in [0.5, 0.6) is 5.75 Å². The molecular formula is C22H19N3O4S. The molecule has 4 rings (SSSR count). The summed E-state index contributed by atoms with van der Waals surface area (Å²) in [4.78, 5) is 12.7. The highest BCUT2D eigenvalue weighted by atomic mass is 32.2. The molecule has 0 unspecified atom stereocenters. The van der Waals surface area contributed by atoms with Crippen molar-refractivity contribution in [1.29, 1.82) is 0 Å². The Morgan fingerprint density at radius 3 is 2.33 bits per heavy atom. The van der Waals surface area contributed by atoms with Gasteiger partial charge in [0.15, 0.2) is 0 Å². The van der Waals surface area contributed by atoms with Crippen LogP contribution >= 0.6 is 0 Å². The van der Waals surface area contributed by atoms with E-state index in [1.165, 1.54) is 6.07 Å². The average Bonchev–Trinajstić information content (AvgIpc) is 2.77. The third-order valence-electron chi connectivity index (χ3n) is 4.61. The van der Waals surface area contributed by atoms with E-state index in [0.717, 1.165) is 9.98 Å². The number of anilines is 1. The van der Waals surface area contributed by atoms with E-state index >= 15 is 0 Å². The first-order chi connectivity index (χ1) is 14.5. The van der Waals surface area contributed by atoms with Crippen LogP contribution in [0.4, 0.5) is 5.69 Å². The number of hydrogen-bond donors (Lipinski definition) is 1. The molecule has 0 atom stereocenters. The molecule has 0 bridgehead atoms. The third-order valence-corrected chi connectivity index (χ3v) is 6.29. The number of ether oxygens (including phenoxy) is 1. The minimum atomic E-state index is -3.96. The highest BCUT2D eigenvalue weighted by Gasteiger charge is 2.34. The SMILES string of the molecule is COc1ccc(NC(=O)CN2N=C(c3ccccc3)c3ccccc3S2(=O)=O)cc1. The summed E-state index contributed by atoms with van der Waals surface area (Å²) < 4.78 is 32.1. The van der Waals surface area contributed by atoms with E-state index in [1.54, 1.807) is 49.6 Å². The van der Waals surface area contributed by atoms with Crippen LogP contribution in [-0.2, 0) is 14.8 Å². The van der Waals surface area contributed by atoms with Gasteiger partial charge < -0.3 is 10.1 Å². The van der Waals surface area contributed by atoms with Crippen molar-refractivity contribution >= 4 is 27.3 Å². The molecule has 0 radical (unpaired) electrons. The molecule has 0 aliphatic carbocycles. The predicted molar refractivity (Wildman–Crippen MR) is 114 cm³/mol. The molecule has 1 N–H and O–H groups in total. The van der Waals surface area contributed by atoms with Gasteiger partial charge in [-0.3, -0.25) is 4.79 Å². The highest BCUT2D eigenvalue weighted by molar-refractivity contribution is 7.89. The van der Waals surface area contributed by atoms with Gasteiger partial charge in [-0.15, -0.1) is 0 Å². The van der Waals surface area contributed by atoms with Gasteiger partial charge in [0.25, 0.3) is 10.0 Å². The molecule has 1 aliphatic rings. The molecule has 8 heteroatoms. The fraction of sp³-hybridized carbons (Fsp3) is 0.0909. The Kier molecular flexibility index (Phi) is 5.24. The topological polar surface area (TPSA) is 88.1 Å². The zero-order chi connectivity index (χ0) is 21.1. The standard InChI is InChI=1S/C22H19N3O4S/c1-29-18-13-11-17(12-14-18)23-21(26)15-25-24-22(16-7-3-2-4-8-16)19-9-5-6-10-20(19)30(25,27)28/h2-14H,15H2,1H3,(H,23,26). The van der Waals surface area contributed by atoms with Gasteiger partial charge in [-0.25, -0.2) is 0 Å². The number of benzene rings is 3. The second-order valence-corrected chi connectivity index (χ2v) is 8.38. The maximum atomic E-state index is 13.1. The van der Waals surface area contributed by atoms with Crippen LogP contribution in [-0.4, -0.2) is 38.1 Å². The van der Waals surface area contributed by atoms with Crippen molar-refractivity contribution in [2.24, 2.45) is 5.10 Å². The van der Waals surface area contributed by atoms with Crippen LogP contribution in [0.3, 0.4) is 0 Å². The first-order valence-corrected chi connectivity index (χ1v) is 10.6. The van der Waals surface area contributed by atoms with Gasteiger partial charge >= 0.3 is 0 Å². The molecule has 0 saturated carbocycles. The van der Waals surface area contributed by atoms with E-state index in [-0.39, 0.29) is 4.90 Å². The molecule has 0 fully saturated rings. The Morgan fingerprint density at radius 2 is 1.63 bits per heavy atom. The molecule has 0 saturated heterocycles. The lowest BCUT2D eigenvalue weighted by Crippen LogP contribution is -2.38. The van der Waals surface area contributed by atoms with Gasteiger partial charge in [0.05, 0.1) is 12.0 Å². The highest BCUT2D eigenvalue weighted by Crippen LogP contribution is 2.28. The van der Waals surface area contributed by atoms with Gasteiger partial charge in [-0.1, -0.05) is 48.5 Å². The third kappa shape index (κ3) is 3.77. The van der Waals surface area contributed by atoms with E-state index in [0.29, 0.717) is 22.7 Å². The van der Waals surface area contributed by atoms with Crippen molar-refractivity contribution in [3.8, 4) is 5.75 Å². The largest absolute Gasteiger partial charge is 0.497 e. The van der Waals surface area contributed by atoms with Gasteiger partial charge in [0.1, 0.15) is 18.0 Å². The Morgan fingerprint density at radius 1 is 0.967 bits per heavy atom. The molecule has 1 amide bonds. The monoisotopic (exact) mass is 421 g/mol. The first-order valence-electron chi connectivity index (χ1n) is 9.19. The van der Waals surface area contributed by atoms with Crippen LogP contribution in [0.2, 0.25) is 0 Å². The summed E-state index contributed by atoms with van der Waals surface area (Å²) >= 11 is 0. The minimum Gasteiger partial charge on any atom is -0.497 e. The Bertz CT molecular complexity index is 1210. The fourth-order valence-corrected chi connectivity index (χ4v) is 4.54. The molecule has 1 heterocycles. The van der Waals surface area contributed by atoms with E-state index in [2.05, 4.69) is 10.4 Å². The number of carbonyl (C=O) groups excluding carboxylic acids is 1. The lowest BCUT2D eigenvalue weighted by Gasteiger charge is -2.26. The Hall–Kier alpha value is -3.65. The molecule has 0 aromatic heterocycles. The van der Waals surface area contributed by atoms with E-state index in [4.69, 9.17) is 4.74 Å². The van der Waals surface area contributed by atoms with Crippen LogP contribution < -0.4 is 10.1 Å². The Labute approximate surface area is 174 Å².